The van der Waals surface area contributed by atoms with E-state index in [1.807, 2.05) is 6.92 Å². The van der Waals surface area contributed by atoms with Crippen LogP contribution in [0.25, 0.3) is 0 Å². The molecule has 0 aromatic heterocycles. The van der Waals surface area contributed by atoms with Crippen molar-refractivity contribution in [3.8, 4) is 0 Å². The Morgan fingerprint density at radius 1 is 1.57 bits per heavy atom. The standard InChI is InChI=1S/C9H14FN.C3H6/c1-11-6-9(7-11)4-2-8(10)3-5-9;1-3-2/h2H,3-7H2,1H3;3H,1H2,2H3. The van der Waals surface area contributed by atoms with Gasteiger partial charge in [0.15, 0.2) is 0 Å². The van der Waals surface area contributed by atoms with Crippen LogP contribution in [0.4, 0.5) is 4.39 Å². The molecule has 0 bridgehead atoms. The van der Waals surface area contributed by atoms with Crippen molar-refractivity contribution in [3.05, 3.63) is 24.6 Å². The molecule has 0 aromatic rings. The number of likely N-dealkylation sites (tertiary alicyclic amines) is 1. The van der Waals surface area contributed by atoms with E-state index in [0.717, 1.165) is 25.9 Å². The normalized spacial score (nSPS) is 24.4. The summed E-state index contributed by atoms with van der Waals surface area (Å²) in [5.74, 6) is 0.102. The first kappa shape index (κ1) is 11.4. The van der Waals surface area contributed by atoms with Crippen LogP contribution in [0.15, 0.2) is 24.6 Å². The third kappa shape index (κ3) is 2.68. The van der Waals surface area contributed by atoms with Gasteiger partial charge in [-0.2, -0.15) is 0 Å². The van der Waals surface area contributed by atoms with Gasteiger partial charge in [-0.1, -0.05) is 12.2 Å². The van der Waals surface area contributed by atoms with Gasteiger partial charge in [0.2, 0.25) is 0 Å². The molecule has 0 atom stereocenters. The summed E-state index contributed by atoms with van der Waals surface area (Å²) in [4.78, 5) is 2.30. The van der Waals surface area contributed by atoms with Gasteiger partial charge in [0.05, 0.1) is 5.83 Å². The quantitative estimate of drug-likeness (QED) is 0.539. The molecule has 2 aliphatic rings. The second-order valence-corrected chi connectivity index (χ2v) is 4.44. The van der Waals surface area contributed by atoms with Gasteiger partial charge < -0.3 is 4.90 Å². The van der Waals surface area contributed by atoms with E-state index >= 15 is 0 Å². The van der Waals surface area contributed by atoms with Gasteiger partial charge in [0.25, 0.3) is 0 Å². The lowest BCUT2D eigenvalue weighted by molar-refractivity contribution is 0.0111. The van der Waals surface area contributed by atoms with E-state index in [1.54, 1.807) is 12.2 Å². The van der Waals surface area contributed by atoms with Gasteiger partial charge in [-0.3, -0.25) is 0 Å². The summed E-state index contributed by atoms with van der Waals surface area (Å²) in [5.41, 5.74) is 0.463. The van der Waals surface area contributed by atoms with Crippen LogP contribution in [0.3, 0.4) is 0 Å². The second kappa shape index (κ2) is 4.74. The second-order valence-electron chi connectivity index (χ2n) is 4.44. The van der Waals surface area contributed by atoms with Crippen molar-refractivity contribution >= 4 is 0 Å². The number of hydrogen-bond acceptors (Lipinski definition) is 1. The number of halogens is 1. The lowest BCUT2D eigenvalue weighted by Gasteiger charge is -2.49. The molecule has 1 aliphatic carbocycles. The summed E-state index contributed by atoms with van der Waals surface area (Å²) in [6, 6.07) is 0. The molecule has 2 rings (SSSR count). The zero-order valence-corrected chi connectivity index (χ0v) is 9.22. The third-order valence-electron chi connectivity index (χ3n) is 2.86. The fourth-order valence-electron chi connectivity index (χ4n) is 2.30. The van der Waals surface area contributed by atoms with Gasteiger partial charge in [0.1, 0.15) is 0 Å². The van der Waals surface area contributed by atoms with Crippen molar-refractivity contribution in [2.75, 3.05) is 20.1 Å². The summed E-state index contributed by atoms with van der Waals surface area (Å²) < 4.78 is 12.6. The molecule has 0 saturated carbocycles. The Morgan fingerprint density at radius 3 is 2.50 bits per heavy atom. The monoisotopic (exact) mass is 197 g/mol. The first-order valence-electron chi connectivity index (χ1n) is 5.22. The van der Waals surface area contributed by atoms with Crippen molar-refractivity contribution in [1.82, 2.24) is 4.90 Å². The molecule has 0 aromatic carbocycles. The molecular formula is C12H20FN. The summed E-state index contributed by atoms with van der Waals surface area (Å²) in [5, 5.41) is 0. The fourth-order valence-corrected chi connectivity index (χ4v) is 2.30. The average Bonchev–Trinajstić information content (AvgIpc) is 2.09. The topological polar surface area (TPSA) is 3.24 Å². The van der Waals surface area contributed by atoms with Crippen LogP contribution in [0.2, 0.25) is 0 Å². The first-order valence-corrected chi connectivity index (χ1v) is 5.22. The molecular weight excluding hydrogens is 177 g/mol. The first-order chi connectivity index (χ1) is 6.62. The molecule has 14 heavy (non-hydrogen) atoms. The molecule has 0 unspecified atom stereocenters. The predicted octanol–water partition coefficient (Wildman–Crippen LogP) is 3.15. The minimum Gasteiger partial charge on any atom is -0.305 e. The molecule has 0 radical (unpaired) electrons. The van der Waals surface area contributed by atoms with E-state index in [1.165, 1.54) is 0 Å². The van der Waals surface area contributed by atoms with Crippen molar-refractivity contribution in [2.45, 2.75) is 26.2 Å². The SMILES string of the molecule is C=CC.CN1CC2(CC=C(F)CC2)C1. The van der Waals surface area contributed by atoms with Crippen LogP contribution >= 0.6 is 0 Å². The summed E-state index contributed by atoms with van der Waals surface area (Å²) in [7, 11) is 2.12. The largest absolute Gasteiger partial charge is 0.305 e. The van der Waals surface area contributed by atoms with Gasteiger partial charge in [-0.15, -0.1) is 6.58 Å². The molecule has 0 amide bonds. The minimum absolute atomic E-state index is 0.102. The highest BCUT2D eigenvalue weighted by Crippen LogP contribution is 2.42. The number of allylic oxidation sites excluding steroid dienone is 3. The number of nitrogens with zero attached hydrogens (tertiary/aromatic N) is 1. The highest BCUT2D eigenvalue weighted by Gasteiger charge is 2.41. The Labute approximate surface area is 86.3 Å². The molecule has 80 valence electrons. The van der Waals surface area contributed by atoms with E-state index in [-0.39, 0.29) is 5.83 Å². The molecule has 1 spiro atoms. The summed E-state index contributed by atoms with van der Waals surface area (Å²) in [6.45, 7) is 7.58. The van der Waals surface area contributed by atoms with Gasteiger partial charge in [0, 0.05) is 13.1 Å². The zero-order chi connectivity index (χ0) is 10.6. The maximum absolute atomic E-state index is 12.6. The smallest absolute Gasteiger partial charge is 0.0960 e. The van der Waals surface area contributed by atoms with E-state index < -0.39 is 0 Å². The Balaban J connectivity index is 0.000000293. The Kier molecular flexibility index (Phi) is 3.87. The molecule has 1 aliphatic heterocycles. The highest BCUT2D eigenvalue weighted by molar-refractivity contribution is 5.08. The van der Waals surface area contributed by atoms with Gasteiger partial charge in [-0.05, 0) is 38.6 Å². The van der Waals surface area contributed by atoms with E-state index in [0.29, 0.717) is 11.8 Å². The van der Waals surface area contributed by atoms with E-state index in [2.05, 4.69) is 18.5 Å². The van der Waals surface area contributed by atoms with E-state index in [9.17, 15) is 4.39 Å². The van der Waals surface area contributed by atoms with Crippen LogP contribution < -0.4 is 0 Å². The van der Waals surface area contributed by atoms with Crippen molar-refractivity contribution in [1.29, 1.82) is 0 Å². The molecule has 1 fully saturated rings. The highest BCUT2D eigenvalue weighted by atomic mass is 19.1. The van der Waals surface area contributed by atoms with Gasteiger partial charge in [-0.25, -0.2) is 4.39 Å². The zero-order valence-electron chi connectivity index (χ0n) is 9.22. The minimum atomic E-state index is 0.102. The Bertz CT molecular complexity index is 226. The van der Waals surface area contributed by atoms with E-state index in [4.69, 9.17) is 0 Å². The molecule has 1 heterocycles. The van der Waals surface area contributed by atoms with Gasteiger partial charge >= 0.3 is 0 Å². The lowest BCUT2D eigenvalue weighted by atomic mass is 9.71. The lowest BCUT2D eigenvalue weighted by Crippen LogP contribution is -2.54. The Hall–Kier alpha value is -0.630. The average molecular weight is 197 g/mol. The number of rotatable bonds is 0. The third-order valence-corrected chi connectivity index (χ3v) is 2.86. The molecule has 2 heteroatoms. The maximum Gasteiger partial charge on any atom is 0.0960 e. The van der Waals surface area contributed by atoms with Crippen molar-refractivity contribution in [2.24, 2.45) is 5.41 Å². The molecule has 1 saturated heterocycles. The van der Waals surface area contributed by atoms with Crippen molar-refractivity contribution < 1.29 is 4.39 Å². The molecule has 1 nitrogen and oxygen atoms in total. The fraction of sp³-hybridized carbons (Fsp3) is 0.667. The molecule has 0 N–H and O–H groups in total. The Morgan fingerprint density at radius 2 is 2.14 bits per heavy atom. The van der Waals surface area contributed by atoms with Crippen LogP contribution in [0, 0.1) is 5.41 Å². The van der Waals surface area contributed by atoms with Crippen molar-refractivity contribution in [3.63, 3.8) is 0 Å². The maximum atomic E-state index is 12.6. The summed E-state index contributed by atoms with van der Waals surface area (Å²) in [6.07, 6.45) is 6.22. The van der Waals surface area contributed by atoms with Crippen LogP contribution in [0.5, 0.6) is 0 Å². The van der Waals surface area contributed by atoms with Crippen LogP contribution in [0.1, 0.15) is 26.2 Å². The van der Waals surface area contributed by atoms with Crippen LogP contribution in [-0.2, 0) is 0 Å². The summed E-state index contributed by atoms with van der Waals surface area (Å²) >= 11 is 0. The predicted molar refractivity (Wildman–Crippen MR) is 58.8 cm³/mol. The number of hydrogen-bond donors (Lipinski definition) is 0. The van der Waals surface area contributed by atoms with Crippen LogP contribution in [-0.4, -0.2) is 25.0 Å².